The van der Waals surface area contributed by atoms with Crippen LogP contribution in [-0.2, 0) is 31.6 Å². The Morgan fingerprint density at radius 2 is 1.88 bits per heavy atom. The van der Waals surface area contributed by atoms with Gasteiger partial charge in [0.05, 0.1) is 6.10 Å². The van der Waals surface area contributed by atoms with E-state index in [-0.39, 0.29) is 5.95 Å². The van der Waals surface area contributed by atoms with E-state index >= 15 is 0 Å². The molecule has 0 spiro atoms. The summed E-state index contributed by atoms with van der Waals surface area (Å²) in [6, 6.07) is 0. The summed E-state index contributed by atoms with van der Waals surface area (Å²) in [5.74, 6) is 4.53. The number of ether oxygens (including phenoxy) is 1. The van der Waals surface area contributed by atoms with Crippen LogP contribution >= 0.6 is 35.1 Å². The zero-order chi connectivity index (χ0) is 25.4. The highest BCUT2D eigenvalue weighted by atomic mass is 35.5. The molecular weight excluding hydrogens is 537 g/mol. The summed E-state index contributed by atoms with van der Waals surface area (Å²) >= 11 is 6.42. The van der Waals surface area contributed by atoms with Gasteiger partial charge in [-0.3, -0.25) is 9.09 Å². The van der Waals surface area contributed by atoms with E-state index in [1.807, 2.05) is 0 Å². The summed E-state index contributed by atoms with van der Waals surface area (Å²) in [6.07, 6.45) is -5.72. The van der Waals surface area contributed by atoms with Crippen molar-refractivity contribution < 1.29 is 56.3 Å². The van der Waals surface area contributed by atoms with Crippen LogP contribution in [0.4, 0.5) is 5.95 Å². The summed E-state index contributed by atoms with van der Waals surface area (Å²) in [5.41, 5.74) is 4.35. The van der Waals surface area contributed by atoms with Gasteiger partial charge in [0.2, 0.25) is 5.95 Å². The van der Waals surface area contributed by atoms with Crippen LogP contribution in [-0.4, -0.2) is 62.4 Å². The number of halogens is 1. The Morgan fingerprint density at radius 3 is 2.39 bits per heavy atom. The minimum absolute atomic E-state index is 0.367. The Morgan fingerprint density at radius 1 is 1.27 bits per heavy atom. The average molecular weight is 555 g/mol. The summed E-state index contributed by atoms with van der Waals surface area (Å²) in [4.78, 5) is 53.3. The minimum atomic E-state index is -5.77. The van der Waals surface area contributed by atoms with Crippen molar-refractivity contribution in [2.24, 2.45) is 0 Å². The molecule has 1 aromatic rings. The SMILES string of the molecule is CC#C[C@@]1(Cl)C(n2cnc(N)nc2=O)O[C@H]([C@H](C)OP(=O)(O)OP(=O)(O)OP(=O)(O)O)[C@@H]1O. The van der Waals surface area contributed by atoms with Crippen molar-refractivity contribution in [1.29, 1.82) is 0 Å². The molecular formula is C12H18ClN4O13P3. The first-order chi connectivity index (χ1) is 14.9. The van der Waals surface area contributed by atoms with Gasteiger partial charge in [-0.25, -0.2) is 23.5 Å². The number of rotatable bonds is 8. The maximum absolute atomic E-state index is 12.2. The molecule has 3 unspecified atom stereocenters. The molecule has 0 radical (unpaired) electrons. The highest BCUT2D eigenvalue weighted by molar-refractivity contribution is 7.66. The second-order valence-electron chi connectivity index (χ2n) is 6.35. The Bertz CT molecular complexity index is 1160. The van der Waals surface area contributed by atoms with Gasteiger partial charge in [-0.1, -0.05) is 17.5 Å². The molecule has 0 bridgehead atoms. The Labute approximate surface area is 189 Å². The summed E-state index contributed by atoms with van der Waals surface area (Å²) in [7, 11) is -16.9. The van der Waals surface area contributed by atoms with Crippen LogP contribution in [0, 0.1) is 11.8 Å². The van der Waals surface area contributed by atoms with E-state index in [1.165, 1.54) is 6.92 Å². The standard InChI is InChI=1S/C12H18ClN4O13P3/c1-3-4-12(13)8(18)7(27-9(12)17-5-15-10(14)16-11(17)19)6(2)28-32(23,24)30-33(25,26)29-31(20,21)22/h5-9,18H,1-2H3,(H,23,24)(H,25,26)(H2,14,16,19)(H2,20,21,22)/t6-,7+,8-,9?,12-/m0/s1. The molecule has 1 saturated heterocycles. The molecule has 33 heavy (non-hydrogen) atoms. The van der Waals surface area contributed by atoms with Crippen LogP contribution in [0.5, 0.6) is 0 Å². The zero-order valence-corrected chi connectivity index (χ0v) is 20.0. The van der Waals surface area contributed by atoms with E-state index in [0.29, 0.717) is 0 Å². The van der Waals surface area contributed by atoms with Gasteiger partial charge in [-0.2, -0.15) is 13.6 Å². The number of nitrogens with two attached hydrogens (primary N) is 1. The van der Waals surface area contributed by atoms with Crippen LogP contribution < -0.4 is 11.4 Å². The van der Waals surface area contributed by atoms with Gasteiger partial charge in [-0.05, 0) is 13.8 Å². The fourth-order valence-electron chi connectivity index (χ4n) is 2.76. The van der Waals surface area contributed by atoms with Crippen molar-refractivity contribution in [2.45, 2.75) is 43.3 Å². The molecule has 1 fully saturated rings. The van der Waals surface area contributed by atoms with Crippen molar-refractivity contribution in [3.05, 3.63) is 16.8 Å². The van der Waals surface area contributed by atoms with Gasteiger partial charge >= 0.3 is 29.2 Å². The van der Waals surface area contributed by atoms with Gasteiger partial charge in [-0.15, -0.1) is 5.92 Å². The Kier molecular flexibility index (Phi) is 8.33. The lowest BCUT2D eigenvalue weighted by Gasteiger charge is -2.26. The van der Waals surface area contributed by atoms with Crippen LogP contribution in [0.3, 0.4) is 0 Å². The fourth-order valence-corrected chi connectivity index (χ4v) is 6.33. The van der Waals surface area contributed by atoms with Gasteiger partial charge in [0.15, 0.2) is 11.1 Å². The summed E-state index contributed by atoms with van der Waals surface area (Å²) < 4.78 is 52.4. The molecule has 0 saturated carbocycles. The van der Waals surface area contributed by atoms with E-state index in [9.17, 15) is 33.4 Å². The van der Waals surface area contributed by atoms with Gasteiger partial charge < -0.3 is 35.2 Å². The molecule has 7 atom stereocenters. The predicted molar refractivity (Wildman–Crippen MR) is 107 cm³/mol. The number of alkyl halides is 1. The smallest absolute Gasteiger partial charge is 0.387 e. The molecule has 1 aliphatic heterocycles. The summed E-state index contributed by atoms with van der Waals surface area (Å²) in [5, 5.41) is 10.7. The number of aliphatic hydroxyl groups is 1. The molecule has 0 amide bonds. The van der Waals surface area contributed by atoms with Crippen molar-refractivity contribution >= 4 is 41.0 Å². The monoisotopic (exact) mass is 554 g/mol. The zero-order valence-electron chi connectivity index (χ0n) is 16.5. The van der Waals surface area contributed by atoms with E-state index in [2.05, 4.69) is 35.0 Å². The van der Waals surface area contributed by atoms with E-state index in [0.717, 1.165) is 17.8 Å². The normalized spacial score (nSPS) is 30.0. The molecule has 17 nitrogen and oxygen atoms in total. The third-order valence-electron chi connectivity index (χ3n) is 3.88. The van der Waals surface area contributed by atoms with E-state index < -0.39 is 58.6 Å². The molecule has 21 heteroatoms. The third-order valence-corrected chi connectivity index (χ3v) is 8.31. The molecule has 1 aromatic heterocycles. The number of phosphoric ester groups is 1. The van der Waals surface area contributed by atoms with Crippen molar-refractivity contribution in [3.8, 4) is 11.8 Å². The lowest BCUT2D eigenvalue weighted by molar-refractivity contribution is -0.0751. The number of nitrogen functional groups attached to an aromatic ring is 1. The van der Waals surface area contributed by atoms with Crippen molar-refractivity contribution in [3.63, 3.8) is 0 Å². The number of phosphoric acid groups is 3. The third kappa shape index (κ3) is 6.91. The van der Waals surface area contributed by atoms with Crippen molar-refractivity contribution in [2.75, 3.05) is 5.73 Å². The highest BCUT2D eigenvalue weighted by Crippen LogP contribution is 2.66. The fraction of sp³-hybridized carbons (Fsp3) is 0.583. The van der Waals surface area contributed by atoms with Crippen molar-refractivity contribution in [1.82, 2.24) is 14.5 Å². The van der Waals surface area contributed by atoms with Crippen LogP contribution in [0.1, 0.15) is 20.1 Å². The van der Waals surface area contributed by atoms with E-state index in [4.69, 9.17) is 31.9 Å². The largest absolute Gasteiger partial charge is 0.490 e. The number of hydrogen-bond acceptors (Lipinski definition) is 12. The van der Waals surface area contributed by atoms with Gasteiger partial charge in [0, 0.05) is 0 Å². The number of nitrogens with zero attached hydrogens (tertiary/aromatic N) is 3. The first-order valence-corrected chi connectivity index (χ1v) is 13.3. The summed E-state index contributed by atoms with van der Waals surface area (Å²) in [6.45, 7) is 2.41. The van der Waals surface area contributed by atoms with Crippen LogP contribution in [0.25, 0.3) is 0 Å². The molecule has 186 valence electrons. The molecule has 2 heterocycles. The predicted octanol–water partition coefficient (Wildman–Crippen LogP) is -0.789. The Balaban J connectivity index is 2.31. The van der Waals surface area contributed by atoms with Crippen LogP contribution in [0.2, 0.25) is 0 Å². The van der Waals surface area contributed by atoms with E-state index in [1.54, 1.807) is 0 Å². The molecule has 0 aliphatic carbocycles. The second kappa shape index (κ2) is 9.80. The quantitative estimate of drug-likeness (QED) is 0.130. The molecule has 1 aliphatic rings. The lowest BCUT2D eigenvalue weighted by atomic mass is 9.97. The highest BCUT2D eigenvalue weighted by Gasteiger charge is 2.58. The number of anilines is 1. The number of aliphatic hydroxyl groups excluding tert-OH is 1. The maximum Gasteiger partial charge on any atom is 0.490 e. The lowest BCUT2D eigenvalue weighted by Crippen LogP contribution is -2.45. The topological polar surface area (TPSA) is 263 Å². The van der Waals surface area contributed by atoms with Gasteiger partial charge in [0.1, 0.15) is 18.5 Å². The average Bonchev–Trinajstić information content (AvgIpc) is 2.83. The second-order valence-corrected chi connectivity index (χ2v) is 11.3. The first-order valence-electron chi connectivity index (χ1n) is 8.40. The Hall–Kier alpha value is -1.21. The molecule has 2 rings (SSSR count). The first kappa shape index (κ1) is 28.0. The maximum atomic E-state index is 12.2. The molecule has 7 N–H and O–H groups in total. The van der Waals surface area contributed by atoms with Crippen LogP contribution in [0.15, 0.2) is 11.1 Å². The molecule has 0 aromatic carbocycles. The van der Waals surface area contributed by atoms with Gasteiger partial charge in [0.25, 0.3) is 0 Å². The number of aromatic nitrogens is 3. The minimum Gasteiger partial charge on any atom is -0.387 e. The number of hydrogen-bond donors (Lipinski definition) is 6.